The van der Waals surface area contributed by atoms with Crippen LogP contribution in [0, 0.1) is 61.6 Å². The van der Waals surface area contributed by atoms with E-state index in [2.05, 4.69) is 40.7 Å². The second kappa shape index (κ2) is 7.21. The molecule has 5 nitrogen and oxygen atoms in total. The molecule has 5 aliphatic rings. The van der Waals surface area contributed by atoms with Gasteiger partial charge < -0.3 is 5.11 Å². The van der Waals surface area contributed by atoms with E-state index >= 15 is 0 Å². The van der Waals surface area contributed by atoms with Crippen LogP contribution >= 0.6 is 0 Å². The molecule has 0 radical (unpaired) electrons. The highest BCUT2D eigenvalue weighted by Crippen LogP contribution is 2.74. The molecule has 7 atom stereocenters. The summed E-state index contributed by atoms with van der Waals surface area (Å²) in [6.07, 6.45) is 8.98. The van der Waals surface area contributed by atoms with Crippen LogP contribution in [-0.4, -0.2) is 22.6 Å². The van der Waals surface area contributed by atoms with Crippen LogP contribution in [0.5, 0.6) is 0 Å². The van der Waals surface area contributed by atoms with Crippen LogP contribution in [-0.2, 0) is 14.4 Å². The summed E-state index contributed by atoms with van der Waals surface area (Å²) in [5.41, 5.74) is -1.49. The minimum atomic E-state index is -0.828. The van der Waals surface area contributed by atoms with Gasteiger partial charge in [-0.05, 0) is 79.1 Å². The van der Waals surface area contributed by atoms with Crippen molar-refractivity contribution in [2.45, 2.75) is 93.4 Å². The van der Waals surface area contributed by atoms with Gasteiger partial charge in [0.25, 0.3) is 0 Å². The van der Waals surface area contributed by atoms with Gasteiger partial charge in [-0.3, -0.25) is 14.4 Å². The number of nitriles is 1. The first kappa shape index (κ1) is 25.4. The summed E-state index contributed by atoms with van der Waals surface area (Å²) in [7, 11) is 0. The lowest BCUT2D eigenvalue weighted by atomic mass is 9.34. The number of ketones is 2. The van der Waals surface area contributed by atoms with E-state index in [1.165, 1.54) is 0 Å². The number of carbonyl (C=O) groups is 3. The summed E-state index contributed by atoms with van der Waals surface area (Å²) in [4.78, 5) is 40.2. The van der Waals surface area contributed by atoms with Crippen LogP contribution in [0.4, 0.5) is 0 Å². The molecule has 0 amide bonds. The number of hydrogen-bond acceptors (Lipinski definition) is 4. The van der Waals surface area contributed by atoms with E-state index in [1.54, 1.807) is 0 Å². The minimum absolute atomic E-state index is 0.00880. The molecule has 0 aliphatic heterocycles. The Morgan fingerprint density at radius 1 is 1.00 bits per heavy atom. The molecular formula is C31H41NO4. The zero-order valence-electron chi connectivity index (χ0n) is 23.0. The smallest absolute Gasteiger partial charge is 0.309 e. The Morgan fingerprint density at radius 2 is 1.64 bits per heavy atom. The summed E-state index contributed by atoms with van der Waals surface area (Å²) in [6, 6.07) is 2.15. The van der Waals surface area contributed by atoms with Crippen LogP contribution < -0.4 is 0 Å². The van der Waals surface area contributed by atoms with Gasteiger partial charge in [0, 0.05) is 16.7 Å². The van der Waals surface area contributed by atoms with Crippen LogP contribution in [0.15, 0.2) is 23.3 Å². The van der Waals surface area contributed by atoms with E-state index in [-0.39, 0.29) is 51.1 Å². The molecule has 0 heterocycles. The molecule has 1 N–H and O–H groups in total. The second-order valence-corrected chi connectivity index (χ2v) is 14.7. The fourth-order valence-corrected chi connectivity index (χ4v) is 10.0. The molecule has 0 aromatic carbocycles. The van der Waals surface area contributed by atoms with E-state index in [0.717, 1.165) is 31.3 Å². The monoisotopic (exact) mass is 491 g/mol. The number of fused-ring (bicyclic) bond motifs is 7. The van der Waals surface area contributed by atoms with Gasteiger partial charge in [0.2, 0.25) is 0 Å². The molecule has 5 aliphatic carbocycles. The average molecular weight is 492 g/mol. The number of rotatable bonds is 1. The molecule has 5 rings (SSSR count). The van der Waals surface area contributed by atoms with Gasteiger partial charge in [-0.25, -0.2) is 0 Å². The number of nitrogens with zero attached hydrogens (tertiary/aromatic N) is 1. The maximum atomic E-state index is 14.2. The normalized spacial score (nSPS) is 46.7. The Bertz CT molecular complexity index is 1180. The fraction of sp³-hybridized carbons (Fsp3) is 0.742. The highest BCUT2D eigenvalue weighted by Gasteiger charge is 2.70. The van der Waals surface area contributed by atoms with Gasteiger partial charge in [-0.2, -0.15) is 5.26 Å². The Morgan fingerprint density at radius 3 is 2.25 bits per heavy atom. The van der Waals surface area contributed by atoms with Crippen LogP contribution in [0.2, 0.25) is 0 Å². The lowest BCUT2D eigenvalue weighted by Crippen LogP contribution is -2.65. The molecule has 0 saturated heterocycles. The standard InChI is InChI=1S/C31H41NO4/c1-26(2)10-12-31(25(35)36)13-11-30(7)23(19(31)16-26)20(33)14-22-28(5)15-18(17-32)24(34)27(3,4)21(28)8-9-29(22,30)6/h14-15,19,21,23H,8-13,16H2,1-7H3,(H,35,36)/t19-,21+,23-,28+,29-,30+,31-/m1/s1. The van der Waals surface area contributed by atoms with Crippen molar-refractivity contribution < 1.29 is 19.5 Å². The van der Waals surface area contributed by atoms with Gasteiger partial charge in [-0.1, -0.05) is 60.1 Å². The zero-order chi connectivity index (χ0) is 26.7. The average Bonchev–Trinajstić information content (AvgIpc) is 2.77. The number of carboxylic acids is 1. The first-order valence-electron chi connectivity index (χ1n) is 13.7. The molecule has 0 unspecified atom stereocenters. The highest BCUT2D eigenvalue weighted by atomic mass is 16.4. The molecule has 0 spiro atoms. The van der Waals surface area contributed by atoms with Gasteiger partial charge in [-0.15, -0.1) is 0 Å². The maximum Gasteiger partial charge on any atom is 0.309 e. The summed E-state index contributed by atoms with van der Waals surface area (Å²) >= 11 is 0. The molecule has 3 saturated carbocycles. The number of Topliss-reactive ketones (excluding diaryl/α,β-unsaturated/α-hetero) is 1. The van der Waals surface area contributed by atoms with Gasteiger partial charge in [0.15, 0.2) is 11.6 Å². The third-order valence-corrected chi connectivity index (χ3v) is 12.3. The van der Waals surface area contributed by atoms with E-state index in [9.17, 15) is 24.8 Å². The number of allylic oxidation sites excluding steroid dienone is 4. The fourth-order valence-electron chi connectivity index (χ4n) is 10.0. The number of carboxylic acid groups (broad SMARTS) is 1. The van der Waals surface area contributed by atoms with Crippen LogP contribution in [0.3, 0.4) is 0 Å². The molecule has 36 heavy (non-hydrogen) atoms. The second-order valence-electron chi connectivity index (χ2n) is 14.7. The quantitative estimate of drug-likeness (QED) is 0.465. The van der Waals surface area contributed by atoms with E-state index in [0.29, 0.717) is 19.3 Å². The van der Waals surface area contributed by atoms with Gasteiger partial charge in [0.05, 0.1) is 11.0 Å². The molecule has 0 bridgehead atoms. The predicted molar refractivity (Wildman–Crippen MR) is 137 cm³/mol. The molecule has 5 heteroatoms. The lowest BCUT2D eigenvalue weighted by Gasteiger charge is -2.68. The van der Waals surface area contributed by atoms with Crippen molar-refractivity contribution >= 4 is 17.5 Å². The Hall–Kier alpha value is -2.22. The maximum absolute atomic E-state index is 14.2. The number of carbonyl (C=O) groups excluding carboxylic acids is 2. The van der Waals surface area contributed by atoms with Crippen molar-refractivity contribution in [1.82, 2.24) is 0 Å². The van der Waals surface area contributed by atoms with Crippen molar-refractivity contribution in [2.75, 3.05) is 0 Å². The van der Waals surface area contributed by atoms with Crippen LogP contribution in [0.1, 0.15) is 93.4 Å². The largest absolute Gasteiger partial charge is 0.481 e. The Kier molecular flexibility index (Phi) is 5.09. The molecular weight excluding hydrogens is 450 g/mol. The van der Waals surface area contributed by atoms with Crippen molar-refractivity contribution in [3.63, 3.8) is 0 Å². The van der Waals surface area contributed by atoms with E-state index in [1.807, 2.05) is 26.0 Å². The predicted octanol–water partition coefficient (Wildman–Crippen LogP) is 6.29. The first-order valence-corrected chi connectivity index (χ1v) is 13.7. The SMILES string of the molecule is CC1(C)CC[C@@]2(C(=O)O)CC[C@@]3(C)[C@@H](C(=O)C=C4[C@@]5(C)C=C(C#N)C(=O)C(C)(C)[C@@H]5CC[C@]43C)[C@H]2C1. The third-order valence-electron chi connectivity index (χ3n) is 12.3. The van der Waals surface area contributed by atoms with E-state index in [4.69, 9.17) is 0 Å². The topological polar surface area (TPSA) is 95.2 Å². The van der Waals surface area contributed by atoms with Crippen LogP contribution in [0.25, 0.3) is 0 Å². The summed E-state index contributed by atoms with van der Waals surface area (Å²) < 4.78 is 0. The molecule has 194 valence electrons. The molecule has 3 fully saturated rings. The summed E-state index contributed by atoms with van der Waals surface area (Å²) in [5, 5.41) is 20.3. The molecule has 0 aromatic rings. The Labute approximate surface area is 215 Å². The Balaban J connectivity index is 1.71. The van der Waals surface area contributed by atoms with Gasteiger partial charge in [0.1, 0.15) is 6.07 Å². The molecule has 0 aromatic heterocycles. The minimum Gasteiger partial charge on any atom is -0.481 e. The van der Waals surface area contributed by atoms with Crippen molar-refractivity contribution in [3.8, 4) is 6.07 Å². The van der Waals surface area contributed by atoms with E-state index < -0.39 is 22.2 Å². The van der Waals surface area contributed by atoms with Crippen molar-refractivity contribution in [2.24, 2.45) is 50.2 Å². The lowest BCUT2D eigenvalue weighted by molar-refractivity contribution is -0.188. The third kappa shape index (κ3) is 2.85. The number of aliphatic carboxylic acids is 1. The van der Waals surface area contributed by atoms with Crippen molar-refractivity contribution in [3.05, 3.63) is 23.3 Å². The summed E-state index contributed by atoms with van der Waals surface area (Å²) in [6.45, 7) is 15.0. The van der Waals surface area contributed by atoms with Crippen molar-refractivity contribution in [1.29, 1.82) is 5.26 Å². The highest BCUT2D eigenvalue weighted by molar-refractivity contribution is 6.04. The summed E-state index contributed by atoms with van der Waals surface area (Å²) in [5.74, 6) is -1.27. The number of hydrogen-bond donors (Lipinski definition) is 1. The zero-order valence-corrected chi connectivity index (χ0v) is 23.0. The van der Waals surface area contributed by atoms with Gasteiger partial charge >= 0.3 is 5.97 Å². The first-order chi connectivity index (χ1) is 16.5.